The quantitative estimate of drug-likeness (QED) is 0.833. The summed E-state index contributed by atoms with van der Waals surface area (Å²) in [6, 6.07) is 7.40. The van der Waals surface area contributed by atoms with Gasteiger partial charge in [-0.15, -0.1) is 0 Å². The van der Waals surface area contributed by atoms with Gasteiger partial charge in [-0.3, -0.25) is 4.79 Å². The monoisotopic (exact) mass is 248 g/mol. The zero-order chi connectivity index (χ0) is 13.1. The summed E-state index contributed by atoms with van der Waals surface area (Å²) in [6.45, 7) is 5.31. The van der Waals surface area contributed by atoms with Crippen molar-refractivity contribution in [3.63, 3.8) is 0 Å². The van der Waals surface area contributed by atoms with Crippen LogP contribution in [0, 0.1) is 5.92 Å². The first kappa shape index (κ1) is 12.9. The number of rotatable bonds is 3. The first-order valence-electron chi connectivity index (χ1n) is 6.42. The Morgan fingerprint density at radius 3 is 2.89 bits per heavy atom. The van der Waals surface area contributed by atoms with Crippen molar-refractivity contribution in [1.82, 2.24) is 0 Å². The van der Waals surface area contributed by atoms with Crippen molar-refractivity contribution in [1.29, 1.82) is 0 Å². The maximum atomic E-state index is 12.5. The van der Waals surface area contributed by atoms with E-state index >= 15 is 0 Å². The van der Waals surface area contributed by atoms with Crippen LogP contribution in [-0.4, -0.2) is 25.2 Å². The van der Waals surface area contributed by atoms with Gasteiger partial charge in [0.15, 0.2) is 0 Å². The minimum absolute atomic E-state index is 0.0353. The van der Waals surface area contributed by atoms with E-state index in [9.17, 15) is 4.79 Å². The summed E-state index contributed by atoms with van der Waals surface area (Å²) in [4.78, 5) is 14.2. The highest BCUT2D eigenvalue weighted by atomic mass is 16.5. The normalized spacial score (nSPS) is 23.0. The van der Waals surface area contributed by atoms with Crippen LogP contribution in [0.3, 0.4) is 0 Å². The van der Waals surface area contributed by atoms with Crippen LogP contribution < -0.4 is 10.6 Å². The molecule has 0 spiro atoms. The Morgan fingerprint density at radius 2 is 2.33 bits per heavy atom. The highest BCUT2D eigenvalue weighted by Crippen LogP contribution is 2.25. The lowest BCUT2D eigenvalue weighted by Gasteiger charge is -2.25. The first-order chi connectivity index (χ1) is 8.63. The lowest BCUT2D eigenvalue weighted by Crippen LogP contribution is -2.41. The molecule has 1 saturated heterocycles. The van der Waals surface area contributed by atoms with Crippen molar-refractivity contribution in [3.8, 4) is 0 Å². The van der Waals surface area contributed by atoms with E-state index in [2.05, 4.69) is 6.92 Å². The molecule has 2 unspecified atom stereocenters. The fourth-order valence-corrected chi connectivity index (χ4v) is 2.32. The molecule has 1 aliphatic rings. The lowest BCUT2D eigenvalue weighted by molar-refractivity contribution is -0.128. The van der Waals surface area contributed by atoms with E-state index in [1.807, 2.05) is 31.2 Å². The second-order valence-electron chi connectivity index (χ2n) is 4.73. The Labute approximate surface area is 108 Å². The first-order valence-corrected chi connectivity index (χ1v) is 6.42. The van der Waals surface area contributed by atoms with Crippen LogP contribution in [0.4, 0.5) is 11.4 Å². The van der Waals surface area contributed by atoms with Gasteiger partial charge in [0.05, 0.1) is 0 Å². The van der Waals surface area contributed by atoms with Crippen LogP contribution in [0.5, 0.6) is 0 Å². The van der Waals surface area contributed by atoms with E-state index in [1.54, 1.807) is 4.90 Å². The molecule has 0 saturated carbocycles. The van der Waals surface area contributed by atoms with Gasteiger partial charge in [-0.1, -0.05) is 13.0 Å². The van der Waals surface area contributed by atoms with Crippen LogP contribution in [0.25, 0.3) is 0 Å². The minimum atomic E-state index is -0.314. The molecule has 0 aromatic heterocycles. The summed E-state index contributed by atoms with van der Waals surface area (Å²) < 4.78 is 5.54. The van der Waals surface area contributed by atoms with E-state index in [0.717, 1.165) is 12.1 Å². The van der Waals surface area contributed by atoms with Crippen molar-refractivity contribution in [2.45, 2.75) is 26.4 Å². The van der Waals surface area contributed by atoms with Crippen molar-refractivity contribution in [2.75, 3.05) is 23.8 Å². The number of anilines is 2. The lowest BCUT2D eigenvalue weighted by atomic mass is 10.0. The second-order valence-corrected chi connectivity index (χ2v) is 4.73. The number of nitrogens with two attached hydrogens (primary N) is 1. The Balaban J connectivity index is 2.20. The average molecular weight is 248 g/mol. The summed E-state index contributed by atoms with van der Waals surface area (Å²) in [7, 11) is 0. The fourth-order valence-electron chi connectivity index (χ4n) is 2.32. The Morgan fingerprint density at radius 1 is 1.56 bits per heavy atom. The van der Waals surface area contributed by atoms with Gasteiger partial charge in [-0.25, -0.2) is 0 Å². The zero-order valence-corrected chi connectivity index (χ0v) is 10.9. The molecule has 0 bridgehead atoms. The third-order valence-electron chi connectivity index (χ3n) is 3.39. The second kappa shape index (κ2) is 5.40. The fraction of sp³-hybridized carbons (Fsp3) is 0.500. The van der Waals surface area contributed by atoms with Gasteiger partial charge in [0.25, 0.3) is 5.91 Å². The van der Waals surface area contributed by atoms with Crippen LogP contribution in [0.1, 0.15) is 20.3 Å². The predicted octanol–water partition coefficient (Wildman–Crippen LogP) is 2.05. The van der Waals surface area contributed by atoms with Gasteiger partial charge in [-0.05, 0) is 37.5 Å². The average Bonchev–Trinajstić information content (AvgIpc) is 2.76. The Kier molecular flexibility index (Phi) is 3.87. The molecular formula is C14H20N2O2. The molecule has 98 valence electrons. The molecule has 2 atom stereocenters. The number of carbonyl (C=O) groups excluding carboxylic acids is 1. The summed E-state index contributed by atoms with van der Waals surface area (Å²) in [5.41, 5.74) is 7.27. The number of ether oxygens (including phenoxy) is 1. The highest BCUT2D eigenvalue weighted by molar-refractivity contribution is 5.97. The molecule has 1 amide bonds. The summed E-state index contributed by atoms with van der Waals surface area (Å²) >= 11 is 0. The number of hydrogen-bond donors (Lipinski definition) is 1. The Hall–Kier alpha value is -1.55. The minimum Gasteiger partial charge on any atom is -0.399 e. The maximum Gasteiger partial charge on any atom is 0.256 e. The van der Waals surface area contributed by atoms with Gasteiger partial charge >= 0.3 is 0 Å². The molecular weight excluding hydrogens is 228 g/mol. The van der Waals surface area contributed by atoms with Gasteiger partial charge in [0.1, 0.15) is 6.10 Å². The highest BCUT2D eigenvalue weighted by Gasteiger charge is 2.34. The molecule has 1 aromatic rings. The predicted molar refractivity (Wildman–Crippen MR) is 72.4 cm³/mol. The van der Waals surface area contributed by atoms with E-state index in [1.165, 1.54) is 0 Å². The summed E-state index contributed by atoms with van der Waals surface area (Å²) in [5.74, 6) is 0.320. The number of nitrogen functional groups attached to an aromatic ring is 1. The SMILES string of the molecule is CCN(C(=O)C1OCCC1C)c1cccc(N)c1. The van der Waals surface area contributed by atoms with Crippen LogP contribution in [-0.2, 0) is 9.53 Å². The Bertz CT molecular complexity index is 434. The zero-order valence-electron chi connectivity index (χ0n) is 10.9. The summed E-state index contributed by atoms with van der Waals surface area (Å²) in [6.07, 6.45) is 0.636. The van der Waals surface area contributed by atoms with Crippen molar-refractivity contribution in [2.24, 2.45) is 5.92 Å². The van der Waals surface area contributed by atoms with Crippen molar-refractivity contribution in [3.05, 3.63) is 24.3 Å². The van der Waals surface area contributed by atoms with Gasteiger partial charge in [-0.2, -0.15) is 0 Å². The van der Waals surface area contributed by atoms with Gasteiger partial charge in [0, 0.05) is 24.5 Å². The maximum absolute atomic E-state index is 12.5. The molecule has 2 rings (SSSR count). The molecule has 1 aromatic carbocycles. The number of benzene rings is 1. The molecule has 1 heterocycles. The number of hydrogen-bond acceptors (Lipinski definition) is 3. The van der Waals surface area contributed by atoms with Gasteiger partial charge in [0.2, 0.25) is 0 Å². The molecule has 1 fully saturated rings. The number of likely N-dealkylation sites (N-methyl/N-ethyl adjacent to an activating group) is 1. The van der Waals surface area contributed by atoms with Crippen molar-refractivity contribution < 1.29 is 9.53 Å². The molecule has 4 nitrogen and oxygen atoms in total. The molecule has 1 aliphatic heterocycles. The van der Waals surface area contributed by atoms with E-state index in [0.29, 0.717) is 18.8 Å². The smallest absolute Gasteiger partial charge is 0.256 e. The molecule has 18 heavy (non-hydrogen) atoms. The molecule has 0 radical (unpaired) electrons. The number of nitrogens with zero attached hydrogens (tertiary/aromatic N) is 1. The molecule has 2 N–H and O–H groups in total. The standard InChI is InChI=1S/C14H20N2O2/c1-3-16(12-6-4-5-11(15)9-12)14(17)13-10(2)7-8-18-13/h4-6,9-10,13H,3,7-8,15H2,1-2H3. The number of carbonyl (C=O) groups is 1. The molecule has 4 heteroatoms. The summed E-state index contributed by atoms with van der Waals surface area (Å²) in [5, 5.41) is 0. The molecule has 0 aliphatic carbocycles. The van der Waals surface area contributed by atoms with Crippen molar-refractivity contribution >= 4 is 17.3 Å². The van der Waals surface area contributed by atoms with Crippen LogP contribution in [0.2, 0.25) is 0 Å². The van der Waals surface area contributed by atoms with Crippen LogP contribution in [0.15, 0.2) is 24.3 Å². The topological polar surface area (TPSA) is 55.6 Å². The van der Waals surface area contributed by atoms with Gasteiger partial charge < -0.3 is 15.4 Å². The van der Waals surface area contributed by atoms with E-state index < -0.39 is 0 Å². The largest absolute Gasteiger partial charge is 0.399 e. The third kappa shape index (κ3) is 2.48. The van der Waals surface area contributed by atoms with Crippen LogP contribution >= 0.6 is 0 Å². The van der Waals surface area contributed by atoms with E-state index in [4.69, 9.17) is 10.5 Å². The number of amides is 1. The van der Waals surface area contributed by atoms with E-state index in [-0.39, 0.29) is 17.9 Å². The third-order valence-corrected chi connectivity index (χ3v) is 3.39.